The zero-order chi connectivity index (χ0) is 15.9. The third-order valence-corrected chi connectivity index (χ3v) is 4.16. The minimum Gasteiger partial charge on any atom is -0.482 e. The quantitative estimate of drug-likeness (QED) is 0.644. The fraction of sp³-hybridized carbons (Fsp3) is 0.588. The number of likely N-dealkylation sites (N-methyl/N-ethyl adjacent to an activating group) is 1. The molecule has 1 aliphatic heterocycles. The van der Waals surface area contributed by atoms with Crippen LogP contribution in [0.4, 0.5) is 0 Å². The molecule has 1 atom stereocenters. The SMILES string of the molecule is Cc1ccccc1OCC(=O)O[C@@H](C)C[NH+]1CC[NH+](C)CC1. The topological polar surface area (TPSA) is 44.4 Å². The van der Waals surface area contributed by atoms with Crippen molar-refractivity contribution in [2.24, 2.45) is 0 Å². The van der Waals surface area contributed by atoms with Crippen LogP contribution in [0.2, 0.25) is 0 Å². The molecular weight excluding hydrogens is 280 g/mol. The molecule has 2 N–H and O–H groups in total. The van der Waals surface area contributed by atoms with Crippen LogP contribution in [-0.4, -0.2) is 58.5 Å². The second kappa shape index (κ2) is 8.15. The van der Waals surface area contributed by atoms with Crippen molar-refractivity contribution < 1.29 is 24.1 Å². The minimum atomic E-state index is -0.296. The van der Waals surface area contributed by atoms with E-state index in [1.54, 1.807) is 4.90 Å². The van der Waals surface area contributed by atoms with Gasteiger partial charge < -0.3 is 19.3 Å². The van der Waals surface area contributed by atoms with Crippen molar-refractivity contribution in [3.05, 3.63) is 29.8 Å². The van der Waals surface area contributed by atoms with Gasteiger partial charge in [0.2, 0.25) is 0 Å². The number of rotatable bonds is 6. The monoisotopic (exact) mass is 308 g/mol. The summed E-state index contributed by atoms with van der Waals surface area (Å²) in [5, 5.41) is 0. The standard InChI is InChI=1S/C17H26N2O3/c1-14-6-4-5-7-16(14)21-13-17(20)22-15(2)12-19-10-8-18(3)9-11-19/h4-7,15H,8-13H2,1-3H3/p+2/t15-/m0/s1. The van der Waals surface area contributed by atoms with Gasteiger partial charge in [-0.3, -0.25) is 0 Å². The van der Waals surface area contributed by atoms with Crippen molar-refractivity contribution in [3.63, 3.8) is 0 Å². The van der Waals surface area contributed by atoms with E-state index in [0.717, 1.165) is 30.9 Å². The molecule has 0 amide bonds. The highest BCUT2D eigenvalue weighted by Gasteiger charge is 2.23. The third-order valence-electron chi connectivity index (χ3n) is 4.16. The maximum atomic E-state index is 11.9. The van der Waals surface area contributed by atoms with Crippen LogP contribution in [0.3, 0.4) is 0 Å². The number of carbonyl (C=O) groups excluding carboxylic acids is 1. The van der Waals surface area contributed by atoms with Crippen LogP contribution in [0.5, 0.6) is 5.75 Å². The van der Waals surface area contributed by atoms with E-state index >= 15 is 0 Å². The molecule has 1 aromatic carbocycles. The second-order valence-corrected chi connectivity index (χ2v) is 6.27. The first-order valence-corrected chi connectivity index (χ1v) is 8.07. The molecule has 0 bridgehead atoms. The van der Waals surface area contributed by atoms with E-state index < -0.39 is 0 Å². The van der Waals surface area contributed by atoms with Crippen LogP contribution >= 0.6 is 0 Å². The largest absolute Gasteiger partial charge is 0.482 e. The summed E-state index contributed by atoms with van der Waals surface area (Å²) in [6.45, 7) is 9.44. The molecule has 122 valence electrons. The summed E-state index contributed by atoms with van der Waals surface area (Å²) < 4.78 is 11.0. The molecule has 0 saturated carbocycles. The van der Waals surface area contributed by atoms with Gasteiger partial charge in [-0.05, 0) is 25.5 Å². The van der Waals surface area contributed by atoms with Gasteiger partial charge >= 0.3 is 5.97 Å². The summed E-state index contributed by atoms with van der Waals surface area (Å²) in [5.41, 5.74) is 1.02. The maximum Gasteiger partial charge on any atom is 0.344 e. The van der Waals surface area contributed by atoms with Gasteiger partial charge in [-0.15, -0.1) is 0 Å². The molecule has 22 heavy (non-hydrogen) atoms. The fourth-order valence-electron chi connectivity index (χ4n) is 2.80. The summed E-state index contributed by atoms with van der Waals surface area (Å²) >= 11 is 0. The normalized spacial score (nSPS) is 22.9. The average Bonchev–Trinajstić information content (AvgIpc) is 2.49. The number of nitrogens with one attached hydrogen (secondary N) is 2. The molecule has 5 heteroatoms. The highest BCUT2D eigenvalue weighted by molar-refractivity contribution is 5.71. The molecule has 1 fully saturated rings. The minimum absolute atomic E-state index is 0.0303. The molecule has 0 spiro atoms. The number of aryl methyl sites for hydroxylation is 1. The first-order chi connectivity index (χ1) is 10.5. The molecule has 0 aromatic heterocycles. The van der Waals surface area contributed by atoms with Crippen molar-refractivity contribution >= 4 is 5.97 Å². The van der Waals surface area contributed by atoms with Gasteiger partial charge in [0, 0.05) is 0 Å². The van der Waals surface area contributed by atoms with Crippen molar-refractivity contribution in [3.8, 4) is 5.75 Å². The van der Waals surface area contributed by atoms with E-state index in [4.69, 9.17) is 9.47 Å². The van der Waals surface area contributed by atoms with Gasteiger partial charge in [-0.1, -0.05) is 18.2 Å². The molecule has 1 aliphatic rings. The first kappa shape index (κ1) is 16.8. The van der Waals surface area contributed by atoms with E-state index in [-0.39, 0.29) is 18.7 Å². The third kappa shape index (κ3) is 5.31. The molecule has 1 saturated heterocycles. The summed E-state index contributed by atoms with van der Waals surface area (Å²) in [6, 6.07) is 7.67. The Kier molecular flexibility index (Phi) is 6.21. The predicted molar refractivity (Wildman–Crippen MR) is 84.4 cm³/mol. The van der Waals surface area contributed by atoms with E-state index in [2.05, 4.69) is 7.05 Å². The van der Waals surface area contributed by atoms with E-state index in [0.29, 0.717) is 0 Å². The molecule has 0 radical (unpaired) electrons. The highest BCUT2D eigenvalue weighted by Crippen LogP contribution is 2.15. The summed E-state index contributed by atoms with van der Waals surface area (Å²) in [6.07, 6.45) is -0.0682. The van der Waals surface area contributed by atoms with Gasteiger partial charge in [-0.2, -0.15) is 0 Å². The van der Waals surface area contributed by atoms with Gasteiger partial charge in [-0.25, -0.2) is 4.79 Å². The molecule has 0 aliphatic carbocycles. The van der Waals surface area contributed by atoms with Crippen molar-refractivity contribution in [1.29, 1.82) is 0 Å². The van der Waals surface area contributed by atoms with Crippen LogP contribution in [0, 0.1) is 6.92 Å². The number of benzene rings is 1. The first-order valence-electron chi connectivity index (χ1n) is 8.07. The molecule has 0 unspecified atom stereocenters. The molecule has 1 aromatic rings. The zero-order valence-electron chi connectivity index (χ0n) is 13.9. The van der Waals surface area contributed by atoms with Crippen LogP contribution in [0.1, 0.15) is 12.5 Å². The molecular formula is C17H28N2O3+2. The van der Waals surface area contributed by atoms with Gasteiger partial charge in [0.25, 0.3) is 0 Å². The highest BCUT2D eigenvalue weighted by atomic mass is 16.6. The lowest BCUT2D eigenvalue weighted by Crippen LogP contribution is -3.27. The Labute approximate surface area is 132 Å². The Balaban J connectivity index is 1.69. The number of hydrogen-bond donors (Lipinski definition) is 2. The van der Waals surface area contributed by atoms with Crippen molar-refractivity contribution in [2.45, 2.75) is 20.0 Å². The number of para-hydroxylation sites is 1. The molecule has 5 nitrogen and oxygen atoms in total. The van der Waals surface area contributed by atoms with Crippen LogP contribution in [0.15, 0.2) is 24.3 Å². The molecule has 1 heterocycles. The van der Waals surface area contributed by atoms with Crippen LogP contribution in [-0.2, 0) is 9.53 Å². The smallest absolute Gasteiger partial charge is 0.344 e. The van der Waals surface area contributed by atoms with E-state index in [9.17, 15) is 4.79 Å². The fourth-order valence-corrected chi connectivity index (χ4v) is 2.80. The van der Waals surface area contributed by atoms with Crippen molar-refractivity contribution in [2.75, 3.05) is 46.4 Å². The average molecular weight is 308 g/mol. The number of quaternary nitrogens is 2. The number of piperazine rings is 1. The summed E-state index contributed by atoms with van der Waals surface area (Å²) in [7, 11) is 2.23. The van der Waals surface area contributed by atoms with Crippen LogP contribution < -0.4 is 14.5 Å². The predicted octanol–water partition coefficient (Wildman–Crippen LogP) is -1.28. The van der Waals surface area contributed by atoms with Crippen molar-refractivity contribution in [1.82, 2.24) is 0 Å². The number of hydrogen-bond acceptors (Lipinski definition) is 3. The Hall–Kier alpha value is -1.59. The Bertz CT molecular complexity index is 485. The molecule has 2 rings (SSSR count). The second-order valence-electron chi connectivity index (χ2n) is 6.27. The van der Waals surface area contributed by atoms with E-state index in [1.807, 2.05) is 38.1 Å². The van der Waals surface area contributed by atoms with E-state index in [1.165, 1.54) is 18.0 Å². The lowest BCUT2D eigenvalue weighted by atomic mass is 10.2. The van der Waals surface area contributed by atoms with Crippen LogP contribution in [0.25, 0.3) is 0 Å². The Morgan fingerprint density at radius 1 is 1.23 bits per heavy atom. The number of ether oxygens (including phenoxy) is 2. The number of esters is 1. The lowest BCUT2D eigenvalue weighted by Gasteiger charge is -2.28. The van der Waals surface area contributed by atoms with Gasteiger partial charge in [0.15, 0.2) is 6.61 Å². The van der Waals surface area contributed by atoms with Gasteiger partial charge in [0.05, 0.1) is 7.05 Å². The summed E-state index contributed by atoms with van der Waals surface area (Å²) in [4.78, 5) is 15.0. The Morgan fingerprint density at radius 3 is 2.59 bits per heavy atom. The summed E-state index contributed by atoms with van der Waals surface area (Å²) in [5.74, 6) is 0.440. The zero-order valence-corrected chi connectivity index (χ0v) is 13.9. The number of carbonyl (C=O) groups is 1. The Morgan fingerprint density at radius 2 is 1.91 bits per heavy atom. The van der Waals surface area contributed by atoms with Gasteiger partial charge in [0.1, 0.15) is 44.6 Å². The maximum absolute atomic E-state index is 11.9. The lowest BCUT2D eigenvalue weighted by molar-refractivity contribution is -1.00.